The second-order valence-corrected chi connectivity index (χ2v) is 5.16. The van der Waals surface area contributed by atoms with Crippen LogP contribution in [0, 0.1) is 6.92 Å². The van der Waals surface area contributed by atoms with Crippen LogP contribution in [0.4, 0.5) is 5.69 Å². The van der Waals surface area contributed by atoms with E-state index in [2.05, 4.69) is 17.2 Å². The van der Waals surface area contributed by atoms with E-state index in [1.807, 2.05) is 31.2 Å². The van der Waals surface area contributed by atoms with Crippen LogP contribution in [0.15, 0.2) is 36.9 Å². The summed E-state index contributed by atoms with van der Waals surface area (Å²) in [5.74, 6) is -1.59. The van der Waals surface area contributed by atoms with Gasteiger partial charge in [0, 0.05) is 25.1 Å². The minimum Gasteiger partial charge on any atom is -0.481 e. The van der Waals surface area contributed by atoms with Gasteiger partial charge in [-0.1, -0.05) is 36.9 Å². The quantitative estimate of drug-likeness (QED) is 0.606. The summed E-state index contributed by atoms with van der Waals surface area (Å²) in [6, 6.07) is 5.57. The molecule has 0 aliphatic heterocycles. The average Bonchev–Trinajstić information content (AvgIpc) is 2.53. The highest BCUT2D eigenvalue weighted by atomic mass is 16.4. The van der Waals surface area contributed by atoms with Crippen molar-refractivity contribution in [3.63, 3.8) is 0 Å². The number of anilines is 1. The molecule has 3 N–H and O–H groups in total. The number of carbonyl (C=O) groups is 3. The van der Waals surface area contributed by atoms with Gasteiger partial charge in [0.2, 0.25) is 11.8 Å². The number of nitrogens with one attached hydrogen (secondary N) is 2. The molecule has 0 heterocycles. The van der Waals surface area contributed by atoms with Gasteiger partial charge in [0.1, 0.15) is 0 Å². The second-order valence-electron chi connectivity index (χ2n) is 5.16. The molecule has 2 amide bonds. The van der Waals surface area contributed by atoms with Crippen LogP contribution in [0.1, 0.15) is 30.4 Å². The van der Waals surface area contributed by atoms with Crippen molar-refractivity contribution in [2.24, 2.45) is 0 Å². The summed E-state index contributed by atoms with van der Waals surface area (Å²) in [7, 11) is 0. The molecule has 0 spiro atoms. The predicted octanol–water partition coefficient (Wildman–Crippen LogP) is 2.50. The average molecular weight is 330 g/mol. The van der Waals surface area contributed by atoms with Crippen LogP contribution in [-0.2, 0) is 14.4 Å². The molecule has 0 bridgehead atoms. The second kappa shape index (κ2) is 9.99. The van der Waals surface area contributed by atoms with E-state index in [4.69, 9.17) is 5.11 Å². The molecule has 0 saturated heterocycles. The fourth-order valence-corrected chi connectivity index (χ4v) is 1.98. The number of allylic oxidation sites excluding steroid dienone is 2. The van der Waals surface area contributed by atoms with Crippen molar-refractivity contribution in [1.29, 1.82) is 0 Å². The van der Waals surface area contributed by atoms with Gasteiger partial charge in [-0.25, -0.2) is 0 Å². The standard InChI is InChI=1S/C18H22N2O4/c1-3-4-6-14-7-5-8-15(13(14)2)20-17(22)10-9-16(21)19-12-11-18(23)24/h3-8H,1,9-12H2,2H3,(H,19,21)(H,20,22)(H,23,24)/b6-4-. The van der Waals surface area contributed by atoms with Gasteiger partial charge in [-0.3, -0.25) is 14.4 Å². The summed E-state index contributed by atoms with van der Waals surface area (Å²) < 4.78 is 0. The Morgan fingerprint density at radius 2 is 1.88 bits per heavy atom. The number of carboxylic acids is 1. The maximum atomic E-state index is 12.0. The zero-order valence-electron chi connectivity index (χ0n) is 13.7. The van der Waals surface area contributed by atoms with Crippen molar-refractivity contribution in [1.82, 2.24) is 5.32 Å². The van der Waals surface area contributed by atoms with Crippen molar-refractivity contribution >= 4 is 29.5 Å². The first kappa shape index (κ1) is 19.2. The smallest absolute Gasteiger partial charge is 0.305 e. The van der Waals surface area contributed by atoms with Crippen LogP contribution in [0.2, 0.25) is 0 Å². The van der Waals surface area contributed by atoms with E-state index >= 15 is 0 Å². The van der Waals surface area contributed by atoms with Gasteiger partial charge < -0.3 is 15.7 Å². The van der Waals surface area contributed by atoms with Gasteiger partial charge in [-0.05, 0) is 24.1 Å². The Balaban J connectivity index is 2.50. The molecule has 24 heavy (non-hydrogen) atoms. The zero-order chi connectivity index (χ0) is 17.9. The summed E-state index contributed by atoms with van der Waals surface area (Å²) in [5.41, 5.74) is 2.59. The van der Waals surface area contributed by atoms with Crippen LogP contribution < -0.4 is 10.6 Å². The first-order valence-corrected chi connectivity index (χ1v) is 7.61. The van der Waals surface area contributed by atoms with Crippen LogP contribution in [-0.4, -0.2) is 29.4 Å². The molecule has 1 aromatic carbocycles. The van der Waals surface area contributed by atoms with Crippen LogP contribution in [0.3, 0.4) is 0 Å². The largest absolute Gasteiger partial charge is 0.481 e. The SMILES string of the molecule is C=C/C=C\c1cccc(NC(=O)CCC(=O)NCCC(=O)O)c1C. The summed E-state index contributed by atoms with van der Waals surface area (Å²) >= 11 is 0. The molecular weight excluding hydrogens is 308 g/mol. The van der Waals surface area contributed by atoms with Crippen molar-refractivity contribution in [2.75, 3.05) is 11.9 Å². The lowest BCUT2D eigenvalue weighted by Crippen LogP contribution is -2.27. The number of hydrogen-bond acceptors (Lipinski definition) is 3. The predicted molar refractivity (Wildman–Crippen MR) is 93.5 cm³/mol. The molecule has 0 atom stereocenters. The molecular formula is C18H22N2O4. The lowest BCUT2D eigenvalue weighted by Gasteiger charge is -2.10. The minimum absolute atomic E-state index is 0.0144. The van der Waals surface area contributed by atoms with E-state index < -0.39 is 5.97 Å². The first-order chi connectivity index (χ1) is 11.4. The molecule has 0 aliphatic rings. The fourth-order valence-electron chi connectivity index (χ4n) is 1.98. The van der Waals surface area contributed by atoms with E-state index in [-0.39, 0.29) is 37.6 Å². The van der Waals surface area contributed by atoms with E-state index in [9.17, 15) is 14.4 Å². The Hall–Kier alpha value is -2.89. The van der Waals surface area contributed by atoms with E-state index in [1.165, 1.54) is 0 Å². The maximum Gasteiger partial charge on any atom is 0.305 e. The van der Waals surface area contributed by atoms with Crippen molar-refractivity contribution < 1.29 is 19.5 Å². The molecule has 0 saturated carbocycles. The Kier molecular flexibility index (Phi) is 7.98. The van der Waals surface area contributed by atoms with Crippen LogP contribution >= 0.6 is 0 Å². The Bertz CT molecular complexity index is 650. The number of carbonyl (C=O) groups excluding carboxylic acids is 2. The highest BCUT2D eigenvalue weighted by Crippen LogP contribution is 2.20. The lowest BCUT2D eigenvalue weighted by molar-refractivity contribution is -0.137. The number of aliphatic carboxylic acids is 1. The number of hydrogen-bond donors (Lipinski definition) is 3. The monoisotopic (exact) mass is 330 g/mol. The van der Waals surface area contributed by atoms with E-state index in [0.717, 1.165) is 11.1 Å². The van der Waals surface area contributed by atoms with Crippen LogP contribution in [0.5, 0.6) is 0 Å². The third-order valence-corrected chi connectivity index (χ3v) is 3.30. The summed E-state index contributed by atoms with van der Waals surface area (Å²) in [4.78, 5) is 33.8. The van der Waals surface area contributed by atoms with Crippen LogP contribution in [0.25, 0.3) is 6.08 Å². The highest BCUT2D eigenvalue weighted by molar-refractivity contribution is 5.94. The highest BCUT2D eigenvalue weighted by Gasteiger charge is 2.09. The van der Waals surface area contributed by atoms with Crippen molar-refractivity contribution in [2.45, 2.75) is 26.2 Å². The van der Waals surface area contributed by atoms with Crippen molar-refractivity contribution in [3.8, 4) is 0 Å². The van der Waals surface area contributed by atoms with E-state index in [0.29, 0.717) is 5.69 Å². The number of carboxylic acid groups (broad SMARTS) is 1. The van der Waals surface area contributed by atoms with Gasteiger partial charge in [-0.2, -0.15) is 0 Å². The number of benzene rings is 1. The van der Waals surface area contributed by atoms with Gasteiger partial charge in [0.25, 0.3) is 0 Å². The molecule has 0 aromatic heterocycles. The van der Waals surface area contributed by atoms with Gasteiger partial charge in [0.05, 0.1) is 6.42 Å². The summed E-state index contributed by atoms with van der Waals surface area (Å²) in [5, 5.41) is 13.7. The Morgan fingerprint density at radius 1 is 1.17 bits per heavy atom. The minimum atomic E-state index is -0.978. The molecule has 1 aromatic rings. The maximum absolute atomic E-state index is 12.0. The Labute approximate surface area is 141 Å². The molecule has 6 heteroatoms. The van der Waals surface area contributed by atoms with Gasteiger partial charge in [0.15, 0.2) is 0 Å². The normalized spacial score (nSPS) is 10.4. The molecule has 0 aliphatic carbocycles. The van der Waals surface area contributed by atoms with E-state index in [1.54, 1.807) is 12.1 Å². The molecule has 1 rings (SSSR count). The number of rotatable bonds is 9. The summed E-state index contributed by atoms with van der Waals surface area (Å²) in [6.45, 7) is 5.58. The molecule has 0 radical (unpaired) electrons. The zero-order valence-corrected chi connectivity index (χ0v) is 13.7. The topological polar surface area (TPSA) is 95.5 Å². The van der Waals surface area contributed by atoms with Crippen molar-refractivity contribution in [3.05, 3.63) is 48.1 Å². The third kappa shape index (κ3) is 6.91. The lowest BCUT2D eigenvalue weighted by atomic mass is 10.1. The molecule has 6 nitrogen and oxygen atoms in total. The Morgan fingerprint density at radius 3 is 2.54 bits per heavy atom. The third-order valence-electron chi connectivity index (χ3n) is 3.30. The number of amides is 2. The summed E-state index contributed by atoms with van der Waals surface area (Å²) in [6.07, 6.45) is 5.30. The van der Waals surface area contributed by atoms with Gasteiger partial charge >= 0.3 is 5.97 Å². The molecule has 0 unspecified atom stereocenters. The molecule has 128 valence electrons. The first-order valence-electron chi connectivity index (χ1n) is 7.61. The fraction of sp³-hybridized carbons (Fsp3) is 0.278. The van der Waals surface area contributed by atoms with Gasteiger partial charge in [-0.15, -0.1) is 0 Å². The molecule has 0 fully saturated rings.